The molecule has 3 N–H and O–H groups in total. The van der Waals surface area contributed by atoms with Gasteiger partial charge in [0.25, 0.3) is 0 Å². The molecule has 0 aromatic heterocycles. The Bertz CT molecular complexity index is 285. The summed E-state index contributed by atoms with van der Waals surface area (Å²) in [6.45, 7) is 3.56. The molecule has 1 rings (SSSR count). The second-order valence-electron chi connectivity index (χ2n) is 5.19. The van der Waals surface area contributed by atoms with Gasteiger partial charge in [0.1, 0.15) is 0 Å². The fourth-order valence-corrected chi connectivity index (χ4v) is 2.49. The highest BCUT2D eigenvalue weighted by Gasteiger charge is 2.47. The van der Waals surface area contributed by atoms with Crippen LogP contribution in [0.4, 0.5) is 13.2 Å². The number of alkyl halides is 3. The van der Waals surface area contributed by atoms with E-state index in [9.17, 15) is 18.0 Å². The lowest BCUT2D eigenvalue weighted by molar-refractivity contribution is -0.147. The Balaban J connectivity index is 2.49. The summed E-state index contributed by atoms with van der Waals surface area (Å²) in [5.74, 6) is 0.0806. The van der Waals surface area contributed by atoms with Crippen LogP contribution in [0.3, 0.4) is 0 Å². The SMILES string of the molecule is CC1CC(CN)(C(=O)NC(C)CC(F)(F)F)C1. The van der Waals surface area contributed by atoms with Gasteiger partial charge in [-0.05, 0) is 25.7 Å². The van der Waals surface area contributed by atoms with Crippen molar-refractivity contribution in [2.45, 2.75) is 45.3 Å². The fourth-order valence-electron chi connectivity index (χ4n) is 2.49. The van der Waals surface area contributed by atoms with Gasteiger partial charge in [-0.25, -0.2) is 0 Å². The minimum Gasteiger partial charge on any atom is -0.353 e. The number of carbonyl (C=O) groups excluding carboxylic acids is 1. The minimum absolute atomic E-state index is 0.196. The molecule has 1 atom stereocenters. The van der Waals surface area contributed by atoms with E-state index in [-0.39, 0.29) is 12.5 Å². The predicted octanol–water partition coefficient (Wildman–Crippen LogP) is 1.82. The third-order valence-corrected chi connectivity index (χ3v) is 3.27. The van der Waals surface area contributed by atoms with E-state index in [2.05, 4.69) is 5.32 Å². The summed E-state index contributed by atoms with van der Waals surface area (Å²) in [6.07, 6.45) is -3.94. The molecule has 1 unspecified atom stereocenters. The summed E-state index contributed by atoms with van der Waals surface area (Å²) in [5, 5.41) is 2.41. The second kappa shape index (κ2) is 4.84. The van der Waals surface area contributed by atoms with Crippen molar-refractivity contribution in [2.24, 2.45) is 17.1 Å². The highest BCUT2D eigenvalue weighted by Crippen LogP contribution is 2.44. The lowest BCUT2D eigenvalue weighted by Gasteiger charge is -2.44. The quantitative estimate of drug-likeness (QED) is 0.801. The molecule has 17 heavy (non-hydrogen) atoms. The van der Waals surface area contributed by atoms with Gasteiger partial charge in [-0.1, -0.05) is 6.92 Å². The smallest absolute Gasteiger partial charge is 0.353 e. The van der Waals surface area contributed by atoms with Crippen LogP contribution in [0, 0.1) is 11.3 Å². The molecule has 1 aliphatic rings. The Labute approximate surface area is 98.9 Å². The maximum absolute atomic E-state index is 12.1. The van der Waals surface area contributed by atoms with E-state index in [1.54, 1.807) is 0 Å². The highest BCUT2D eigenvalue weighted by molar-refractivity contribution is 5.84. The highest BCUT2D eigenvalue weighted by atomic mass is 19.4. The van der Waals surface area contributed by atoms with E-state index in [1.165, 1.54) is 6.92 Å². The van der Waals surface area contributed by atoms with Crippen molar-refractivity contribution < 1.29 is 18.0 Å². The zero-order chi connectivity index (χ0) is 13.3. The van der Waals surface area contributed by atoms with Crippen LogP contribution in [0.1, 0.15) is 33.1 Å². The maximum atomic E-state index is 12.1. The Kier molecular flexibility index (Phi) is 4.06. The number of rotatable bonds is 4. The predicted molar refractivity (Wildman–Crippen MR) is 58.2 cm³/mol. The summed E-state index contributed by atoms with van der Waals surface area (Å²) in [6, 6.07) is -0.901. The Morgan fingerprint density at radius 3 is 2.41 bits per heavy atom. The van der Waals surface area contributed by atoms with Crippen LogP contribution in [0.5, 0.6) is 0 Å². The lowest BCUT2D eigenvalue weighted by atomic mass is 9.62. The van der Waals surface area contributed by atoms with Gasteiger partial charge in [-0.2, -0.15) is 13.2 Å². The number of amides is 1. The molecular weight excluding hydrogens is 233 g/mol. The van der Waals surface area contributed by atoms with Crippen LogP contribution < -0.4 is 11.1 Å². The van der Waals surface area contributed by atoms with Crippen LogP contribution in [0.15, 0.2) is 0 Å². The van der Waals surface area contributed by atoms with Crippen molar-refractivity contribution in [3.05, 3.63) is 0 Å². The molecule has 1 saturated carbocycles. The molecule has 0 spiro atoms. The Morgan fingerprint density at radius 2 is 2.06 bits per heavy atom. The van der Waals surface area contributed by atoms with Gasteiger partial charge in [0.2, 0.25) is 5.91 Å². The van der Waals surface area contributed by atoms with Crippen molar-refractivity contribution in [3.8, 4) is 0 Å². The van der Waals surface area contributed by atoms with Gasteiger partial charge in [0, 0.05) is 12.6 Å². The minimum atomic E-state index is -4.25. The molecule has 0 aliphatic heterocycles. The van der Waals surface area contributed by atoms with Crippen LogP contribution in [-0.4, -0.2) is 24.7 Å². The van der Waals surface area contributed by atoms with Gasteiger partial charge >= 0.3 is 6.18 Å². The van der Waals surface area contributed by atoms with Gasteiger partial charge in [0.05, 0.1) is 11.8 Å². The largest absolute Gasteiger partial charge is 0.391 e. The molecule has 0 aromatic carbocycles. The standard InChI is InChI=1S/C11H19F3N2O/c1-7-3-10(4-7,6-15)9(17)16-8(2)5-11(12,13)14/h7-8H,3-6,15H2,1-2H3,(H,16,17). The number of nitrogens with one attached hydrogen (secondary N) is 1. The monoisotopic (exact) mass is 252 g/mol. The average Bonchev–Trinajstić information content (AvgIpc) is 2.08. The van der Waals surface area contributed by atoms with Gasteiger partial charge < -0.3 is 11.1 Å². The van der Waals surface area contributed by atoms with Gasteiger partial charge in [-0.15, -0.1) is 0 Å². The summed E-state index contributed by atoms with van der Waals surface area (Å²) < 4.78 is 36.4. The van der Waals surface area contributed by atoms with Crippen molar-refractivity contribution in [3.63, 3.8) is 0 Å². The molecule has 1 fully saturated rings. The molecule has 1 amide bonds. The third-order valence-electron chi connectivity index (χ3n) is 3.27. The maximum Gasteiger partial charge on any atom is 0.391 e. The lowest BCUT2D eigenvalue weighted by Crippen LogP contribution is -2.55. The molecular formula is C11H19F3N2O. The fraction of sp³-hybridized carbons (Fsp3) is 0.909. The normalized spacial score (nSPS) is 30.6. The Morgan fingerprint density at radius 1 is 1.53 bits per heavy atom. The summed E-state index contributed by atoms with van der Waals surface area (Å²) in [7, 11) is 0. The Hall–Kier alpha value is -0.780. The molecule has 0 heterocycles. The van der Waals surface area contributed by atoms with E-state index in [0.717, 1.165) is 0 Å². The molecule has 0 radical (unpaired) electrons. The molecule has 6 heteroatoms. The summed E-state index contributed by atoms with van der Waals surface area (Å²) >= 11 is 0. The van der Waals surface area contributed by atoms with Crippen LogP contribution in [0.2, 0.25) is 0 Å². The van der Waals surface area contributed by atoms with E-state index in [1.807, 2.05) is 6.92 Å². The van der Waals surface area contributed by atoms with E-state index < -0.39 is 24.1 Å². The number of hydrogen-bond donors (Lipinski definition) is 2. The molecule has 0 saturated heterocycles. The van der Waals surface area contributed by atoms with Gasteiger partial charge in [-0.3, -0.25) is 4.79 Å². The van der Waals surface area contributed by atoms with Crippen molar-refractivity contribution in [2.75, 3.05) is 6.54 Å². The van der Waals surface area contributed by atoms with Crippen LogP contribution in [0.25, 0.3) is 0 Å². The molecule has 1 aliphatic carbocycles. The number of halogens is 3. The summed E-state index contributed by atoms with van der Waals surface area (Å²) in [4.78, 5) is 11.9. The van der Waals surface area contributed by atoms with Crippen LogP contribution in [-0.2, 0) is 4.79 Å². The first-order chi connectivity index (χ1) is 7.68. The molecule has 3 nitrogen and oxygen atoms in total. The van der Waals surface area contributed by atoms with E-state index >= 15 is 0 Å². The van der Waals surface area contributed by atoms with E-state index in [4.69, 9.17) is 5.73 Å². The van der Waals surface area contributed by atoms with Crippen molar-refractivity contribution in [1.82, 2.24) is 5.32 Å². The topological polar surface area (TPSA) is 55.1 Å². The molecule has 0 bridgehead atoms. The molecule has 100 valence electrons. The van der Waals surface area contributed by atoms with Crippen molar-refractivity contribution >= 4 is 5.91 Å². The number of hydrogen-bond acceptors (Lipinski definition) is 2. The zero-order valence-electron chi connectivity index (χ0n) is 10.1. The first-order valence-corrected chi connectivity index (χ1v) is 5.76. The summed E-state index contributed by atoms with van der Waals surface area (Å²) in [5.41, 5.74) is 4.91. The second-order valence-corrected chi connectivity index (χ2v) is 5.19. The number of nitrogens with two attached hydrogens (primary N) is 1. The first-order valence-electron chi connectivity index (χ1n) is 5.76. The van der Waals surface area contributed by atoms with E-state index in [0.29, 0.717) is 18.8 Å². The van der Waals surface area contributed by atoms with Crippen LogP contribution >= 0.6 is 0 Å². The molecule has 0 aromatic rings. The third kappa shape index (κ3) is 3.59. The zero-order valence-corrected chi connectivity index (χ0v) is 10.1. The van der Waals surface area contributed by atoms with Crippen molar-refractivity contribution in [1.29, 1.82) is 0 Å². The number of carbonyl (C=O) groups is 1. The van der Waals surface area contributed by atoms with Gasteiger partial charge in [0.15, 0.2) is 0 Å². The average molecular weight is 252 g/mol. The first kappa shape index (κ1) is 14.3.